The Morgan fingerprint density at radius 3 is 1.89 bits per heavy atom. The van der Waals surface area contributed by atoms with E-state index in [1.165, 1.54) is 131 Å². The zero-order chi connectivity index (χ0) is 43.6. The van der Waals surface area contributed by atoms with Crippen LogP contribution >= 0.6 is 11.6 Å². The van der Waals surface area contributed by atoms with E-state index in [1.807, 2.05) is 0 Å². The van der Waals surface area contributed by atoms with Gasteiger partial charge >= 0.3 is 12.3 Å². The second-order valence-corrected chi connectivity index (χ2v) is 17.0. The number of alkyl halides is 1. The highest BCUT2D eigenvalue weighted by atomic mass is 35.5. The Kier molecular flexibility index (Phi) is 15.1. The predicted octanol–water partition coefficient (Wildman–Crippen LogP) is 11.3. The first-order valence-corrected chi connectivity index (χ1v) is 21.9. The highest BCUT2D eigenvalue weighted by Crippen LogP contribution is 2.49. The van der Waals surface area contributed by atoms with Crippen molar-refractivity contribution in [1.82, 2.24) is 4.57 Å². The molecule has 2 N–H and O–H groups in total. The van der Waals surface area contributed by atoms with Gasteiger partial charge in [-0.1, -0.05) is 98.7 Å². The van der Waals surface area contributed by atoms with E-state index in [-0.39, 0.29) is 30.0 Å². The molecule has 0 unspecified atom stereocenters. The van der Waals surface area contributed by atoms with E-state index >= 15 is 0 Å². The summed E-state index contributed by atoms with van der Waals surface area (Å²) in [7, 11) is 0. The molecule has 4 aliphatic rings. The van der Waals surface area contributed by atoms with Crippen LogP contribution in [0.3, 0.4) is 0 Å². The summed E-state index contributed by atoms with van der Waals surface area (Å²) in [4.78, 5) is 57.2. The number of benzene rings is 4. The summed E-state index contributed by atoms with van der Waals surface area (Å²) in [6, 6.07) is 26.5. The number of allylic oxidation sites excluding steroid dienone is 2. The predicted molar refractivity (Wildman–Crippen MR) is 240 cm³/mol. The lowest BCUT2D eigenvalue weighted by atomic mass is 9.79. The van der Waals surface area contributed by atoms with Gasteiger partial charge in [-0.15, -0.1) is 11.6 Å². The Morgan fingerprint density at radius 1 is 0.705 bits per heavy atom. The Balaban J connectivity index is 0.000000181. The maximum absolute atomic E-state index is 12.7. The summed E-state index contributed by atoms with van der Waals surface area (Å²) in [6.45, 7) is 8.82. The number of aryl methyl sites for hydroxylation is 4. The van der Waals surface area contributed by atoms with Gasteiger partial charge in [0, 0.05) is 27.7 Å². The molecule has 1 aromatic heterocycles. The first kappa shape index (κ1) is 44.7. The molecule has 0 atom stereocenters. The number of halogens is 1. The Labute approximate surface area is 363 Å². The number of amides is 2. The van der Waals surface area contributed by atoms with Crippen LogP contribution in [0.25, 0.3) is 33.3 Å². The number of nitrogens with zero attached hydrogens (tertiary/aromatic N) is 1. The standard InChI is InChI=1S/C25H28ClNO.C24H26N2O.2CO2/c1-16-8-10-20-19(12-16)14-22(25(20)18-6-4-3-5-7-18)21-11-9-17(2)13-23(21)27-24(28)15-26;1-15-8-10-18-20(12-15)25-22(27)14-26-21-13-16(2)9-11-19(21)23(24(18)26)17-6-4-3-5-7-17;2*2-1-3/h8-13,18H,3-7,14-15H2,1-2H3,(H,27,28);8-13,17H,3-7,14H2,1-2H3,(H,25,27);;. The van der Waals surface area contributed by atoms with E-state index in [2.05, 4.69) is 116 Å². The second-order valence-electron chi connectivity index (χ2n) is 16.8. The molecule has 4 aromatic carbocycles. The molecular weight excluding hydrogens is 786 g/mol. The number of carbonyl (C=O) groups is 2. The number of hydrogen-bond donors (Lipinski definition) is 2. The fourth-order valence-corrected chi connectivity index (χ4v) is 10.00. The molecule has 3 aliphatic carbocycles. The molecule has 316 valence electrons. The summed E-state index contributed by atoms with van der Waals surface area (Å²) in [5.41, 5.74) is 18.7. The van der Waals surface area contributed by atoms with Crippen molar-refractivity contribution in [3.05, 3.63) is 117 Å². The number of anilines is 2. The average molecular weight is 840 g/mol. The minimum absolute atomic E-state index is 0.0265. The Hall–Kier alpha value is -5.85. The van der Waals surface area contributed by atoms with Crippen molar-refractivity contribution in [2.24, 2.45) is 5.92 Å². The highest BCUT2D eigenvalue weighted by molar-refractivity contribution is 6.29. The van der Waals surface area contributed by atoms with E-state index in [0.717, 1.165) is 28.9 Å². The van der Waals surface area contributed by atoms with Crippen LogP contribution in [0.1, 0.15) is 115 Å². The first-order valence-electron chi connectivity index (χ1n) is 21.3. The third kappa shape index (κ3) is 10.2. The molecule has 9 rings (SSSR count). The normalized spacial score (nSPS) is 15.7. The van der Waals surface area contributed by atoms with Gasteiger partial charge in [0.15, 0.2) is 0 Å². The molecule has 9 nitrogen and oxygen atoms in total. The van der Waals surface area contributed by atoms with Crippen molar-refractivity contribution in [3.8, 4) is 11.3 Å². The summed E-state index contributed by atoms with van der Waals surface area (Å²) in [6.07, 6.45) is 14.4. The summed E-state index contributed by atoms with van der Waals surface area (Å²) in [5, 5.41) is 7.52. The molecule has 0 bridgehead atoms. The number of fused-ring (bicyclic) bond motifs is 6. The van der Waals surface area contributed by atoms with Crippen molar-refractivity contribution in [2.45, 2.75) is 111 Å². The van der Waals surface area contributed by atoms with Crippen molar-refractivity contribution in [1.29, 1.82) is 0 Å². The summed E-state index contributed by atoms with van der Waals surface area (Å²) < 4.78 is 2.27. The van der Waals surface area contributed by atoms with Gasteiger partial charge in [0.25, 0.3) is 0 Å². The van der Waals surface area contributed by atoms with E-state index in [9.17, 15) is 9.59 Å². The lowest BCUT2D eigenvalue weighted by molar-refractivity contribution is -0.193. The minimum Gasteiger partial charge on any atom is -0.331 e. The van der Waals surface area contributed by atoms with Crippen LogP contribution in [0, 0.1) is 33.6 Å². The van der Waals surface area contributed by atoms with Crippen molar-refractivity contribution in [2.75, 3.05) is 16.5 Å². The monoisotopic (exact) mass is 839 g/mol. The van der Waals surface area contributed by atoms with Crippen LogP contribution in [0.15, 0.2) is 72.8 Å². The summed E-state index contributed by atoms with van der Waals surface area (Å²) >= 11 is 5.77. The van der Waals surface area contributed by atoms with Gasteiger partial charge in [0.05, 0.1) is 11.4 Å². The van der Waals surface area contributed by atoms with Crippen molar-refractivity contribution >= 4 is 69.1 Å². The Morgan fingerprint density at radius 2 is 1.25 bits per heavy atom. The zero-order valence-corrected chi connectivity index (χ0v) is 36.3. The number of carbonyl (C=O) groups excluding carboxylic acids is 6. The Bertz CT molecular complexity index is 2520. The third-order valence-corrected chi connectivity index (χ3v) is 12.7. The molecule has 0 radical (unpaired) electrons. The molecule has 0 saturated heterocycles. The molecule has 61 heavy (non-hydrogen) atoms. The van der Waals surface area contributed by atoms with Crippen LogP contribution in [-0.4, -0.2) is 34.6 Å². The molecule has 1 aliphatic heterocycles. The topological polar surface area (TPSA) is 131 Å². The minimum atomic E-state index is -0.153. The smallest absolute Gasteiger partial charge is 0.331 e. The van der Waals surface area contributed by atoms with Crippen LogP contribution < -0.4 is 10.6 Å². The molecule has 2 fully saturated rings. The number of rotatable bonds is 5. The fourth-order valence-electron chi connectivity index (χ4n) is 9.93. The van der Waals surface area contributed by atoms with E-state index in [1.54, 1.807) is 0 Å². The quantitative estimate of drug-likeness (QED) is 0.169. The third-order valence-electron chi connectivity index (χ3n) is 12.4. The highest BCUT2D eigenvalue weighted by Gasteiger charge is 2.32. The molecular formula is C51H54ClN3O6. The van der Waals surface area contributed by atoms with Crippen LogP contribution in [0.5, 0.6) is 0 Å². The molecule has 2 amide bonds. The number of hydrogen-bond acceptors (Lipinski definition) is 6. The second kappa shape index (κ2) is 20.6. The van der Waals surface area contributed by atoms with E-state index < -0.39 is 0 Å². The maximum Gasteiger partial charge on any atom is 0.373 e. The maximum atomic E-state index is 12.7. The molecule has 2 heterocycles. The number of aromatic nitrogens is 1. The van der Waals surface area contributed by atoms with Gasteiger partial charge in [0.1, 0.15) is 12.4 Å². The van der Waals surface area contributed by atoms with E-state index in [4.69, 9.17) is 30.8 Å². The SMILES string of the molecule is Cc1ccc2c(c1)CC(c1ccc(C)cc1NC(=O)CCl)=C2C1CCCCC1.Cc1ccc2c(c1)NC(=O)Cn1c-2c(C2CCCCC2)c2ccc(C)cc21.O=C=O.O=C=O. The van der Waals surface area contributed by atoms with Gasteiger partial charge in [-0.25, -0.2) is 0 Å². The summed E-state index contributed by atoms with van der Waals surface area (Å²) in [5.74, 6) is 1.09. The molecule has 5 aromatic rings. The zero-order valence-electron chi connectivity index (χ0n) is 35.5. The number of nitrogens with one attached hydrogen (secondary N) is 2. The lowest BCUT2D eigenvalue weighted by Gasteiger charge is -2.26. The fraction of sp³-hybridized carbons (Fsp3) is 0.373. The van der Waals surface area contributed by atoms with Gasteiger partial charge in [-0.05, 0) is 134 Å². The molecule has 0 spiro atoms. The van der Waals surface area contributed by atoms with Gasteiger partial charge < -0.3 is 15.2 Å². The van der Waals surface area contributed by atoms with Gasteiger partial charge in [-0.2, -0.15) is 19.2 Å². The lowest BCUT2D eigenvalue weighted by Crippen LogP contribution is -2.16. The average Bonchev–Trinajstić information content (AvgIpc) is 3.72. The molecule has 2 saturated carbocycles. The van der Waals surface area contributed by atoms with Gasteiger partial charge in [0.2, 0.25) is 11.8 Å². The van der Waals surface area contributed by atoms with Crippen LogP contribution in [0.2, 0.25) is 0 Å². The van der Waals surface area contributed by atoms with Crippen LogP contribution in [0.4, 0.5) is 11.4 Å². The van der Waals surface area contributed by atoms with Gasteiger partial charge in [-0.3, -0.25) is 9.59 Å². The van der Waals surface area contributed by atoms with Crippen LogP contribution in [-0.2, 0) is 41.7 Å². The first-order chi connectivity index (χ1) is 29.5. The van der Waals surface area contributed by atoms with Crippen molar-refractivity contribution in [3.63, 3.8) is 0 Å². The molecule has 10 heteroatoms. The van der Waals surface area contributed by atoms with Crippen molar-refractivity contribution < 1.29 is 28.8 Å². The largest absolute Gasteiger partial charge is 0.373 e. The van der Waals surface area contributed by atoms with E-state index in [0.29, 0.717) is 18.4 Å².